The third kappa shape index (κ3) is 5.29. The van der Waals surface area contributed by atoms with Gasteiger partial charge in [0.1, 0.15) is 23.9 Å². The number of nitrogens with one attached hydrogen (secondary N) is 2. The molecule has 1 saturated heterocycles. The van der Waals surface area contributed by atoms with E-state index in [1.807, 2.05) is 23.1 Å². The molecular weight excluding hydrogens is 509 g/mol. The van der Waals surface area contributed by atoms with Crippen LogP contribution in [0.3, 0.4) is 0 Å². The van der Waals surface area contributed by atoms with Crippen molar-refractivity contribution < 1.29 is 19.0 Å². The number of benzene rings is 1. The smallest absolute Gasteiger partial charge is 0.335 e. The molecule has 10 nitrogen and oxygen atoms in total. The Morgan fingerprint density at radius 1 is 1.42 bits per heavy atom. The average Bonchev–Trinajstić information content (AvgIpc) is 3.52. The van der Waals surface area contributed by atoms with Gasteiger partial charge in [0.05, 0.1) is 42.3 Å². The second-order valence-corrected chi connectivity index (χ2v) is 9.85. The van der Waals surface area contributed by atoms with Crippen molar-refractivity contribution in [2.45, 2.75) is 18.7 Å². The van der Waals surface area contributed by atoms with Crippen molar-refractivity contribution in [3.05, 3.63) is 78.1 Å². The standard InChI is InChI=1S/C26H28FN7O3S/c1-3-30-24-20(6-9-32(24)17-37-10-11-38-2)23(29)19-13-31-34(14-19)26(7-8-28)15-33(16-26)22-5-4-18(25(35)36)12-21(22)27/h3-6,9,12-14,29-30H,1,7,10-11,15-17H2,2H3,(H,35,36). The Kier molecular flexibility index (Phi) is 8.19. The van der Waals surface area contributed by atoms with Crippen LogP contribution >= 0.6 is 11.8 Å². The van der Waals surface area contributed by atoms with E-state index >= 15 is 0 Å². The molecule has 0 saturated carbocycles. The quantitative estimate of drug-likeness (QED) is 0.221. The zero-order valence-electron chi connectivity index (χ0n) is 20.9. The number of carbonyl (C=O) groups is 1. The zero-order valence-corrected chi connectivity index (χ0v) is 21.7. The first-order valence-electron chi connectivity index (χ1n) is 11.8. The molecule has 38 heavy (non-hydrogen) atoms. The number of aromatic nitrogens is 3. The van der Waals surface area contributed by atoms with Crippen molar-refractivity contribution in [2.75, 3.05) is 41.9 Å². The van der Waals surface area contributed by atoms with Gasteiger partial charge in [-0.25, -0.2) is 9.18 Å². The molecule has 0 bridgehead atoms. The van der Waals surface area contributed by atoms with Gasteiger partial charge in [0.15, 0.2) is 0 Å². The van der Waals surface area contributed by atoms with E-state index in [4.69, 9.17) is 15.3 Å². The van der Waals surface area contributed by atoms with Crippen LogP contribution < -0.4 is 10.2 Å². The summed E-state index contributed by atoms with van der Waals surface area (Å²) < 4.78 is 23.8. The molecule has 2 aromatic heterocycles. The minimum absolute atomic E-state index is 0.129. The van der Waals surface area contributed by atoms with Crippen molar-refractivity contribution in [2.24, 2.45) is 0 Å². The summed E-state index contributed by atoms with van der Waals surface area (Å²) in [6.07, 6.45) is 8.84. The van der Waals surface area contributed by atoms with Gasteiger partial charge in [-0.3, -0.25) is 10.1 Å². The molecule has 0 unspecified atom stereocenters. The molecule has 3 N–H and O–H groups in total. The van der Waals surface area contributed by atoms with Crippen LogP contribution in [0.5, 0.6) is 0 Å². The van der Waals surface area contributed by atoms with Gasteiger partial charge in [-0.15, -0.1) is 0 Å². The number of nitriles is 1. The molecule has 3 aromatic rings. The summed E-state index contributed by atoms with van der Waals surface area (Å²) in [7, 11) is 0. The summed E-state index contributed by atoms with van der Waals surface area (Å²) in [6, 6.07) is 7.80. The van der Waals surface area contributed by atoms with Gasteiger partial charge in [-0.1, -0.05) is 6.58 Å². The van der Waals surface area contributed by atoms with E-state index in [0.29, 0.717) is 43.4 Å². The fourth-order valence-electron chi connectivity index (χ4n) is 4.43. The van der Waals surface area contributed by atoms with Gasteiger partial charge < -0.3 is 24.6 Å². The molecule has 4 rings (SSSR count). The number of thioether (sulfide) groups is 1. The summed E-state index contributed by atoms with van der Waals surface area (Å²) in [5, 5.41) is 35.0. The number of aromatic carboxylic acids is 1. The van der Waals surface area contributed by atoms with E-state index < -0.39 is 17.3 Å². The second kappa shape index (κ2) is 11.5. The zero-order chi connectivity index (χ0) is 27.3. The van der Waals surface area contributed by atoms with Crippen molar-refractivity contribution >= 4 is 34.9 Å². The number of carboxylic acids is 1. The maximum atomic E-state index is 14.6. The van der Waals surface area contributed by atoms with Gasteiger partial charge in [-0.2, -0.15) is 22.1 Å². The first-order chi connectivity index (χ1) is 18.3. The number of ether oxygens (including phenoxy) is 1. The number of nitrogens with zero attached hydrogens (tertiary/aromatic N) is 5. The predicted molar refractivity (Wildman–Crippen MR) is 145 cm³/mol. The number of carboxylic acid groups (broad SMARTS) is 1. The number of rotatable bonds is 13. The van der Waals surface area contributed by atoms with Crippen LogP contribution in [0.15, 0.2) is 55.6 Å². The lowest BCUT2D eigenvalue weighted by Crippen LogP contribution is -2.63. The third-order valence-electron chi connectivity index (χ3n) is 6.40. The highest BCUT2D eigenvalue weighted by Crippen LogP contribution is 2.37. The SMILES string of the molecule is C=CNc1c(C(=N)c2cnn(C3(CC#N)CN(c4ccc(C(=O)O)cc4F)C3)c2)ccn1COCCSC. The molecule has 1 aliphatic heterocycles. The Morgan fingerprint density at radius 2 is 2.21 bits per heavy atom. The first kappa shape index (κ1) is 27.0. The number of hydrogen-bond donors (Lipinski definition) is 3. The van der Waals surface area contributed by atoms with Gasteiger partial charge in [-0.05, 0) is 36.7 Å². The van der Waals surface area contributed by atoms with Crippen LogP contribution in [-0.4, -0.2) is 62.8 Å². The van der Waals surface area contributed by atoms with Crippen LogP contribution in [0, 0.1) is 22.6 Å². The highest BCUT2D eigenvalue weighted by molar-refractivity contribution is 7.98. The molecule has 0 amide bonds. The fourth-order valence-corrected chi connectivity index (χ4v) is 4.71. The molecule has 198 valence electrons. The molecule has 1 aromatic carbocycles. The van der Waals surface area contributed by atoms with Crippen molar-refractivity contribution in [3.8, 4) is 6.07 Å². The summed E-state index contributed by atoms with van der Waals surface area (Å²) in [5.74, 6) is -0.282. The minimum Gasteiger partial charge on any atom is -0.478 e. The molecule has 3 heterocycles. The van der Waals surface area contributed by atoms with E-state index in [0.717, 1.165) is 11.8 Å². The topological polar surface area (TPSA) is 132 Å². The molecule has 0 radical (unpaired) electrons. The Balaban J connectivity index is 1.53. The molecule has 12 heteroatoms. The van der Waals surface area contributed by atoms with Gasteiger partial charge in [0.25, 0.3) is 0 Å². The van der Waals surface area contributed by atoms with E-state index in [-0.39, 0.29) is 23.4 Å². The summed E-state index contributed by atoms with van der Waals surface area (Å²) >= 11 is 1.70. The molecular formula is C26H28FN7O3S. The Bertz CT molecular complexity index is 1390. The predicted octanol–water partition coefficient (Wildman–Crippen LogP) is 3.96. The van der Waals surface area contributed by atoms with Crippen LogP contribution in [0.1, 0.15) is 27.9 Å². The maximum absolute atomic E-state index is 14.6. The molecule has 0 spiro atoms. The number of hydrogen-bond acceptors (Lipinski definition) is 8. The van der Waals surface area contributed by atoms with Crippen LogP contribution in [0.2, 0.25) is 0 Å². The third-order valence-corrected chi connectivity index (χ3v) is 6.98. The van der Waals surface area contributed by atoms with Crippen LogP contribution in [0.4, 0.5) is 15.9 Å². The lowest BCUT2D eigenvalue weighted by Gasteiger charge is -2.50. The van der Waals surface area contributed by atoms with Crippen molar-refractivity contribution in [1.29, 1.82) is 10.7 Å². The molecule has 1 fully saturated rings. The van der Waals surface area contributed by atoms with Gasteiger partial charge >= 0.3 is 5.97 Å². The van der Waals surface area contributed by atoms with E-state index in [1.165, 1.54) is 12.1 Å². The Morgan fingerprint density at radius 3 is 2.87 bits per heavy atom. The second-order valence-electron chi connectivity index (χ2n) is 8.86. The van der Waals surface area contributed by atoms with Crippen molar-refractivity contribution in [1.82, 2.24) is 14.3 Å². The number of anilines is 2. The monoisotopic (exact) mass is 537 g/mol. The summed E-state index contributed by atoms with van der Waals surface area (Å²) in [5.41, 5.74) is 0.877. The fraction of sp³-hybridized carbons (Fsp3) is 0.308. The first-order valence-corrected chi connectivity index (χ1v) is 13.2. The van der Waals surface area contributed by atoms with E-state index in [9.17, 15) is 14.4 Å². The average molecular weight is 538 g/mol. The minimum atomic E-state index is -1.20. The largest absolute Gasteiger partial charge is 0.478 e. The number of halogens is 1. The van der Waals surface area contributed by atoms with E-state index in [1.54, 1.807) is 39.9 Å². The molecule has 0 aliphatic carbocycles. The molecule has 0 atom stereocenters. The lowest BCUT2D eigenvalue weighted by molar-refractivity contribution is 0.0696. The summed E-state index contributed by atoms with van der Waals surface area (Å²) in [6.45, 7) is 5.30. The maximum Gasteiger partial charge on any atom is 0.335 e. The highest BCUT2D eigenvalue weighted by Gasteiger charge is 2.46. The van der Waals surface area contributed by atoms with E-state index in [2.05, 4.69) is 23.1 Å². The van der Waals surface area contributed by atoms with Gasteiger partial charge in [0, 0.05) is 42.4 Å². The highest BCUT2D eigenvalue weighted by atomic mass is 32.2. The van der Waals surface area contributed by atoms with Gasteiger partial charge in [0.2, 0.25) is 0 Å². The lowest BCUT2D eigenvalue weighted by atomic mass is 9.86. The Hall–Kier alpha value is -4.08. The normalized spacial score (nSPS) is 14.0. The van der Waals surface area contributed by atoms with Crippen LogP contribution in [0.25, 0.3) is 0 Å². The van der Waals surface area contributed by atoms with Crippen molar-refractivity contribution in [3.63, 3.8) is 0 Å². The Labute approximate surface area is 223 Å². The molecule has 1 aliphatic rings. The van der Waals surface area contributed by atoms with Crippen LogP contribution in [-0.2, 0) is 17.0 Å². The summed E-state index contributed by atoms with van der Waals surface area (Å²) in [4.78, 5) is 12.9.